The fraction of sp³-hybridized carbons (Fsp3) is 0.0370. The van der Waals surface area contributed by atoms with Crippen LogP contribution in [0.4, 0.5) is 41.6 Å². The predicted molar refractivity (Wildman–Crippen MR) is 164 cm³/mol. The Labute approximate surface area is 271 Å². The van der Waals surface area contributed by atoms with E-state index in [-0.39, 0.29) is 49.2 Å². The van der Waals surface area contributed by atoms with E-state index in [1.807, 2.05) is 0 Å². The number of phenols is 1. The van der Waals surface area contributed by atoms with Gasteiger partial charge in [-0.15, -0.1) is 19.7 Å². The number of nitrogen functional groups attached to an aromatic ring is 1. The molecule has 0 aliphatic carbocycles. The third-order valence-electron chi connectivity index (χ3n) is 6.56. The van der Waals surface area contributed by atoms with Gasteiger partial charge >= 0.3 is 6.18 Å². The lowest BCUT2D eigenvalue weighted by Crippen LogP contribution is -2.03. The third kappa shape index (κ3) is 7.37. The summed E-state index contributed by atoms with van der Waals surface area (Å²) < 4.78 is 110. The SMILES string of the molecule is Nc1cc2c(O)c(N=Nc3ccc(N=Nc4cccc(C(F)(F)F)c4)c4ccc(S(=O)(=O)O)cc34)c(SOOO)cc2cc1S(=O)(=O)O. The minimum Gasteiger partial charge on any atom is -0.505 e. The molecule has 5 aromatic rings. The van der Waals surface area contributed by atoms with Crippen LogP contribution < -0.4 is 5.73 Å². The van der Waals surface area contributed by atoms with Crippen molar-refractivity contribution in [1.29, 1.82) is 0 Å². The van der Waals surface area contributed by atoms with Crippen molar-refractivity contribution in [3.8, 4) is 5.75 Å². The molecule has 0 unspecified atom stereocenters. The molecule has 0 bridgehead atoms. The van der Waals surface area contributed by atoms with Gasteiger partial charge in [-0.1, -0.05) is 17.2 Å². The number of rotatable bonds is 9. The number of fused-ring (bicyclic) bond motifs is 2. The van der Waals surface area contributed by atoms with Gasteiger partial charge in [0.25, 0.3) is 20.2 Å². The third-order valence-corrected chi connectivity index (χ3v) is 8.94. The van der Waals surface area contributed by atoms with E-state index in [2.05, 4.69) is 29.8 Å². The van der Waals surface area contributed by atoms with Crippen LogP contribution in [-0.2, 0) is 35.8 Å². The number of hydrogen-bond acceptors (Lipinski definition) is 14. The number of anilines is 1. The van der Waals surface area contributed by atoms with Gasteiger partial charge in [0.15, 0.2) is 5.75 Å². The molecule has 5 aromatic carbocycles. The first-order valence-electron chi connectivity index (χ1n) is 12.7. The van der Waals surface area contributed by atoms with Crippen LogP contribution in [0, 0.1) is 0 Å². The maximum absolute atomic E-state index is 13.1. The molecular weight excluding hydrogens is 708 g/mol. The first-order chi connectivity index (χ1) is 22.5. The maximum Gasteiger partial charge on any atom is 0.416 e. The van der Waals surface area contributed by atoms with Gasteiger partial charge in [-0.3, -0.25) is 9.11 Å². The smallest absolute Gasteiger partial charge is 0.416 e. The molecule has 0 aromatic heterocycles. The maximum atomic E-state index is 13.1. The van der Waals surface area contributed by atoms with Gasteiger partial charge in [0, 0.05) is 16.2 Å². The summed E-state index contributed by atoms with van der Waals surface area (Å²) in [6.45, 7) is 0. The zero-order chi connectivity index (χ0) is 35.0. The summed E-state index contributed by atoms with van der Waals surface area (Å²) in [7, 11) is -9.50. The lowest BCUT2D eigenvalue weighted by Gasteiger charge is -2.12. The standard InChI is InChI=1S/C27H18F3N5O10S3/c28-27(29,30)14-2-1-3-15(10-14)32-33-21-6-7-22(19-11-16(47(38,39)40)4-5-17(19)21)34-35-25-23(46-45-44-37)8-13-9-24(48(41,42)43)20(31)12-18(13)26(25)36/h1-12,36-37H,31H2,(H,38,39,40)(H,41,42,43). The highest BCUT2D eigenvalue weighted by Gasteiger charge is 2.30. The highest BCUT2D eigenvalue weighted by Crippen LogP contribution is 2.46. The lowest BCUT2D eigenvalue weighted by molar-refractivity contribution is -0.432. The minimum atomic E-state index is -4.76. The Hall–Kier alpha value is -4.74. The van der Waals surface area contributed by atoms with Crippen LogP contribution in [0.5, 0.6) is 5.75 Å². The number of benzene rings is 5. The summed E-state index contributed by atoms with van der Waals surface area (Å²) >= 11 is 0.308. The molecule has 0 fully saturated rings. The monoisotopic (exact) mass is 725 g/mol. The summed E-state index contributed by atoms with van der Waals surface area (Å²) in [5, 5.41) is 39.5. The Morgan fingerprint density at radius 1 is 0.771 bits per heavy atom. The summed E-state index contributed by atoms with van der Waals surface area (Å²) in [5.41, 5.74) is 3.92. The van der Waals surface area contributed by atoms with Crippen molar-refractivity contribution in [2.45, 2.75) is 20.9 Å². The number of phenolic OH excluding ortho intramolecular Hbond substituents is 1. The number of alkyl halides is 3. The van der Waals surface area contributed by atoms with Gasteiger partial charge in [-0.05, 0) is 66.0 Å². The quantitative estimate of drug-likeness (QED) is 0.0242. The highest BCUT2D eigenvalue weighted by molar-refractivity contribution is 7.94. The van der Waals surface area contributed by atoms with Crippen LogP contribution in [-0.4, -0.2) is 36.3 Å². The highest BCUT2D eigenvalue weighted by atomic mass is 32.2. The normalized spacial score (nSPS) is 13.0. The number of hydrogen-bond donors (Lipinski definition) is 5. The second-order valence-corrected chi connectivity index (χ2v) is 13.2. The number of halogens is 3. The first kappa shape index (κ1) is 34.6. The molecule has 0 saturated heterocycles. The molecule has 0 saturated carbocycles. The number of nitrogens with zero attached hydrogens (tertiary/aromatic N) is 4. The molecule has 0 spiro atoms. The van der Waals surface area contributed by atoms with E-state index in [0.717, 1.165) is 42.5 Å². The zero-order valence-corrected chi connectivity index (χ0v) is 25.8. The molecule has 0 aliphatic heterocycles. The Bertz CT molecular complexity index is 2370. The van der Waals surface area contributed by atoms with Crippen molar-refractivity contribution >= 4 is 82.3 Å². The van der Waals surface area contributed by atoms with E-state index in [0.29, 0.717) is 12.0 Å². The lowest BCUT2D eigenvalue weighted by atomic mass is 10.1. The molecule has 0 aliphatic rings. The van der Waals surface area contributed by atoms with E-state index in [4.69, 9.17) is 11.0 Å². The Kier molecular flexibility index (Phi) is 9.40. The van der Waals surface area contributed by atoms with Gasteiger partial charge in [-0.2, -0.15) is 35.1 Å². The summed E-state index contributed by atoms with van der Waals surface area (Å²) in [6.07, 6.45) is -4.62. The summed E-state index contributed by atoms with van der Waals surface area (Å²) in [4.78, 5) is -1.33. The summed E-state index contributed by atoms with van der Waals surface area (Å²) in [5.74, 6) is -0.622. The Balaban J connectivity index is 1.66. The molecule has 15 nitrogen and oxygen atoms in total. The van der Waals surface area contributed by atoms with Crippen LogP contribution in [0.15, 0.2) is 108 Å². The largest absolute Gasteiger partial charge is 0.505 e. The van der Waals surface area contributed by atoms with Gasteiger partial charge in [-0.25, -0.2) is 5.26 Å². The van der Waals surface area contributed by atoms with Gasteiger partial charge < -0.3 is 10.8 Å². The van der Waals surface area contributed by atoms with Crippen molar-refractivity contribution in [2.75, 3.05) is 5.73 Å². The fourth-order valence-corrected chi connectivity index (χ4v) is 6.05. The van der Waals surface area contributed by atoms with Gasteiger partial charge in [0.1, 0.15) is 10.6 Å². The van der Waals surface area contributed by atoms with Crippen LogP contribution in [0.25, 0.3) is 21.5 Å². The van der Waals surface area contributed by atoms with Crippen molar-refractivity contribution < 1.29 is 58.8 Å². The average Bonchev–Trinajstić information content (AvgIpc) is 3.01. The Morgan fingerprint density at radius 3 is 2.10 bits per heavy atom. The van der Waals surface area contributed by atoms with Crippen LogP contribution in [0.3, 0.4) is 0 Å². The molecule has 48 heavy (non-hydrogen) atoms. The molecular formula is C27H18F3N5O10S3. The molecule has 5 rings (SSSR count). The van der Waals surface area contributed by atoms with Crippen molar-refractivity contribution in [2.24, 2.45) is 20.5 Å². The molecule has 0 radical (unpaired) electrons. The fourth-order valence-electron chi connectivity index (χ4n) is 4.42. The van der Waals surface area contributed by atoms with E-state index in [1.165, 1.54) is 30.3 Å². The molecule has 0 amide bonds. The molecule has 250 valence electrons. The van der Waals surface area contributed by atoms with E-state index >= 15 is 0 Å². The summed E-state index contributed by atoms with van der Waals surface area (Å²) in [6, 6.07) is 13.2. The topological polar surface area (TPSA) is 243 Å². The van der Waals surface area contributed by atoms with E-state index in [1.54, 1.807) is 0 Å². The number of azo groups is 2. The van der Waals surface area contributed by atoms with Crippen molar-refractivity contribution in [3.63, 3.8) is 0 Å². The zero-order valence-electron chi connectivity index (χ0n) is 23.4. The van der Waals surface area contributed by atoms with Crippen molar-refractivity contribution in [3.05, 3.63) is 78.4 Å². The molecule has 0 heterocycles. The number of aromatic hydroxyl groups is 1. The van der Waals surface area contributed by atoms with Gasteiger partial charge in [0.05, 0.1) is 50.1 Å². The number of nitrogens with two attached hydrogens (primary N) is 1. The average molecular weight is 726 g/mol. The second-order valence-electron chi connectivity index (χ2n) is 9.62. The molecule has 6 N–H and O–H groups in total. The minimum absolute atomic E-state index is 0.0147. The second kappa shape index (κ2) is 13.0. The van der Waals surface area contributed by atoms with Gasteiger partial charge in [0.2, 0.25) is 0 Å². The Morgan fingerprint density at radius 2 is 1.46 bits per heavy atom. The van der Waals surface area contributed by atoms with Crippen LogP contribution >= 0.6 is 12.0 Å². The molecule has 0 atom stereocenters. The first-order valence-corrected chi connectivity index (χ1v) is 16.4. The van der Waals surface area contributed by atoms with E-state index in [9.17, 15) is 44.2 Å². The van der Waals surface area contributed by atoms with E-state index < -0.39 is 53.2 Å². The van der Waals surface area contributed by atoms with Crippen LogP contribution in [0.1, 0.15) is 5.56 Å². The molecule has 21 heteroatoms. The predicted octanol–water partition coefficient (Wildman–Crippen LogP) is 8.05. The van der Waals surface area contributed by atoms with Crippen LogP contribution in [0.2, 0.25) is 0 Å². The van der Waals surface area contributed by atoms with Crippen molar-refractivity contribution in [1.82, 2.24) is 0 Å².